The predicted octanol–water partition coefficient (Wildman–Crippen LogP) is 6.39. The first-order valence-electron chi connectivity index (χ1n) is 7.63. The van der Waals surface area contributed by atoms with Crippen LogP contribution in [0.2, 0.25) is 0 Å². The van der Waals surface area contributed by atoms with E-state index < -0.39 is 0 Å². The molecular formula is C20H21I. The van der Waals surface area contributed by atoms with E-state index in [1.165, 1.54) is 44.3 Å². The van der Waals surface area contributed by atoms with E-state index >= 15 is 0 Å². The predicted molar refractivity (Wildman–Crippen MR) is 99.8 cm³/mol. The Morgan fingerprint density at radius 1 is 0.905 bits per heavy atom. The van der Waals surface area contributed by atoms with Crippen LogP contribution in [-0.4, -0.2) is 0 Å². The van der Waals surface area contributed by atoms with E-state index in [0.29, 0.717) is 5.92 Å². The Bertz CT molecular complexity index is 654. The van der Waals surface area contributed by atoms with Crippen molar-refractivity contribution < 1.29 is 0 Å². The van der Waals surface area contributed by atoms with E-state index in [2.05, 4.69) is 85.0 Å². The minimum absolute atomic E-state index is 0.514. The highest BCUT2D eigenvalue weighted by atomic mass is 127. The molecule has 1 unspecified atom stereocenters. The Balaban J connectivity index is 1.97. The van der Waals surface area contributed by atoms with Crippen molar-refractivity contribution in [3.05, 3.63) is 80.0 Å². The molecule has 0 saturated heterocycles. The smallest absolute Gasteiger partial charge is 0.0137 e. The standard InChI is InChI=1S/C20H21I/c1-14-3-7-16(8-4-14)19-12-11-18(21)13-20(19)17-9-5-15(2)6-10-17/h3,5-7,9-12,20H,4,8,13H2,1-2H3. The summed E-state index contributed by atoms with van der Waals surface area (Å²) in [6.45, 7) is 4.38. The average molecular weight is 388 g/mol. The molecule has 2 aliphatic carbocycles. The van der Waals surface area contributed by atoms with E-state index in [1.54, 1.807) is 0 Å². The lowest BCUT2D eigenvalue weighted by Crippen LogP contribution is -2.09. The summed E-state index contributed by atoms with van der Waals surface area (Å²) in [7, 11) is 0. The van der Waals surface area contributed by atoms with Gasteiger partial charge in [0.25, 0.3) is 0 Å². The molecular weight excluding hydrogens is 367 g/mol. The first-order chi connectivity index (χ1) is 10.1. The van der Waals surface area contributed by atoms with Gasteiger partial charge in [-0.3, -0.25) is 0 Å². The first kappa shape index (κ1) is 14.8. The molecule has 3 rings (SSSR count). The molecule has 0 saturated carbocycles. The number of halogens is 1. The second kappa shape index (κ2) is 6.35. The molecule has 0 nitrogen and oxygen atoms in total. The highest BCUT2D eigenvalue weighted by Crippen LogP contribution is 2.42. The van der Waals surface area contributed by atoms with E-state index in [9.17, 15) is 0 Å². The van der Waals surface area contributed by atoms with Crippen LogP contribution in [0.4, 0.5) is 0 Å². The number of rotatable bonds is 2. The fourth-order valence-corrected chi connectivity index (χ4v) is 3.70. The molecule has 0 amide bonds. The van der Waals surface area contributed by atoms with Crippen LogP contribution in [0.1, 0.15) is 43.2 Å². The molecule has 2 aliphatic rings. The zero-order chi connectivity index (χ0) is 14.8. The van der Waals surface area contributed by atoms with Gasteiger partial charge in [-0.1, -0.05) is 59.7 Å². The molecule has 0 fully saturated rings. The maximum atomic E-state index is 2.47. The van der Waals surface area contributed by atoms with Gasteiger partial charge in [0.1, 0.15) is 0 Å². The SMILES string of the molecule is CC1=CC=C(C2=CC=C(I)CC2c2ccc(C)cc2)CC1. The molecule has 1 aromatic rings. The van der Waals surface area contributed by atoms with Crippen molar-refractivity contribution >= 4 is 22.6 Å². The molecule has 0 spiro atoms. The number of benzene rings is 1. The quantitative estimate of drug-likeness (QED) is 0.515. The van der Waals surface area contributed by atoms with Crippen molar-refractivity contribution in [1.29, 1.82) is 0 Å². The summed E-state index contributed by atoms with van der Waals surface area (Å²) in [4.78, 5) is 0. The lowest BCUT2D eigenvalue weighted by atomic mass is 9.79. The van der Waals surface area contributed by atoms with Crippen LogP contribution in [0.25, 0.3) is 0 Å². The molecule has 0 aromatic heterocycles. The van der Waals surface area contributed by atoms with Crippen LogP contribution >= 0.6 is 22.6 Å². The second-order valence-electron chi connectivity index (χ2n) is 6.11. The van der Waals surface area contributed by atoms with Gasteiger partial charge in [0.05, 0.1) is 0 Å². The molecule has 1 heteroatoms. The molecule has 0 N–H and O–H groups in total. The number of hydrogen-bond acceptors (Lipinski definition) is 0. The van der Waals surface area contributed by atoms with Crippen molar-refractivity contribution in [2.24, 2.45) is 0 Å². The second-order valence-corrected chi connectivity index (χ2v) is 7.49. The van der Waals surface area contributed by atoms with Crippen molar-refractivity contribution in [3.8, 4) is 0 Å². The van der Waals surface area contributed by atoms with Crippen LogP contribution in [0.15, 0.2) is 68.9 Å². The van der Waals surface area contributed by atoms with Crippen molar-refractivity contribution in [3.63, 3.8) is 0 Å². The third-order valence-corrected chi connectivity index (χ3v) is 5.23. The zero-order valence-corrected chi connectivity index (χ0v) is 14.9. The number of allylic oxidation sites excluding steroid dienone is 8. The van der Waals surface area contributed by atoms with E-state index in [0.717, 1.165) is 6.42 Å². The Kier molecular flexibility index (Phi) is 4.48. The summed E-state index contributed by atoms with van der Waals surface area (Å²) in [5.74, 6) is 0.514. The van der Waals surface area contributed by atoms with Crippen LogP contribution in [0, 0.1) is 6.92 Å². The van der Waals surface area contributed by atoms with Gasteiger partial charge in [-0.25, -0.2) is 0 Å². The summed E-state index contributed by atoms with van der Waals surface area (Å²) in [5.41, 5.74) is 7.31. The lowest BCUT2D eigenvalue weighted by molar-refractivity contribution is 0.774. The molecule has 108 valence electrons. The van der Waals surface area contributed by atoms with Crippen LogP contribution in [0.3, 0.4) is 0 Å². The van der Waals surface area contributed by atoms with Crippen molar-refractivity contribution in [2.45, 2.75) is 39.0 Å². The summed E-state index contributed by atoms with van der Waals surface area (Å²) >= 11 is 2.47. The third kappa shape index (κ3) is 3.39. The summed E-state index contributed by atoms with van der Waals surface area (Å²) in [6, 6.07) is 9.07. The number of hydrogen-bond donors (Lipinski definition) is 0. The van der Waals surface area contributed by atoms with Gasteiger partial charge >= 0.3 is 0 Å². The minimum Gasteiger partial charge on any atom is -0.0730 e. The average Bonchev–Trinajstić information content (AvgIpc) is 2.49. The number of aryl methyl sites for hydroxylation is 1. The lowest BCUT2D eigenvalue weighted by Gasteiger charge is -2.27. The Morgan fingerprint density at radius 2 is 1.67 bits per heavy atom. The van der Waals surface area contributed by atoms with Gasteiger partial charge in [-0.15, -0.1) is 0 Å². The van der Waals surface area contributed by atoms with Crippen LogP contribution in [0.5, 0.6) is 0 Å². The zero-order valence-electron chi connectivity index (χ0n) is 12.7. The summed E-state index contributed by atoms with van der Waals surface area (Å²) < 4.78 is 1.45. The minimum atomic E-state index is 0.514. The molecule has 1 atom stereocenters. The van der Waals surface area contributed by atoms with Gasteiger partial charge < -0.3 is 0 Å². The van der Waals surface area contributed by atoms with Crippen LogP contribution < -0.4 is 0 Å². The molecule has 0 bridgehead atoms. The maximum Gasteiger partial charge on any atom is 0.0137 e. The van der Waals surface area contributed by atoms with Gasteiger partial charge in [0.2, 0.25) is 0 Å². The first-order valence-corrected chi connectivity index (χ1v) is 8.71. The molecule has 0 radical (unpaired) electrons. The molecule has 0 aliphatic heterocycles. The van der Waals surface area contributed by atoms with Gasteiger partial charge in [0.15, 0.2) is 0 Å². The topological polar surface area (TPSA) is 0 Å². The van der Waals surface area contributed by atoms with Crippen LogP contribution in [-0.2, 0) is 0 Å². The maximum absolute atomic E-state index is 2.47. The summed E-state index contributed by atoms with van der Waals surface area (Å²) in [6.07, 6.45) is 12.8. The Morgan fingerprint density at radius 3 is 2.33 bits per heavy atom. The normalized spacial score (nSPS) is 22.1. The van der Waals surface area contributed by atoms with E-state index in [1.807, 2.05) is 0 Å². The fraction of sp³-hybridized carbons (Fsp3) is 0.300. The molecule has 21 heavy (non-hydrogen) atoms. The van der Waals surface area contributed by atoms with Crippen molar-refractivity contribution in [1.82, 2.24) is 0 Å². The van der Waals surface area contributed by atoms with E-state index in [-0.39, 0.29) is 0 Å². The highest BCUT2D eigenvalue weighted by molar-refractivity contribution is 14.1. The van der Waals surface area contributed by atoms with Gasteiger partial charge in [-0.05, 0) is 76.0 Å². The van der Waals surface area contributed by atoms with Gasteiger partial charge in [-0.2, -0.15) is 0 Å². The Hall–Kier alpha value is -1.09. The molecule has 1 aromatic carbocycles. The summed E-state index contributed by atoms with van der Waals surface area (Å²) in [5, 5.41) is 0. The van der Waals surface area contributed by atoms with Crippen molar-refractivity contribution in [2.75, 3.05) is 0 Å². The Labute approximate surface area is 141 Å². The monoisotopic (exact) mass is 388 g/mol. The molecule has 0 heterocycles. The fourth-order valence-electron chi connectivity index (χ4n) is 3.08. The van der Waals surface area contributed by atoms with Gasteiger partial charge in [0, 0.05) is 5.92 Å². The highest BCUT2D eigenvalue weighted by Gasteiger charge is 2.23. The third-order valence-electron chi connectivity index (χ3n) is 4.43. The largest absolute Gasteiger partial charge is 0.0730 e. The van der Waals surface area contributed by atoms with E-state index in [4.69, 9.17) is 0 Å².